The van der Waals surface area contributed by atoms with Gasteiger partial charge in [-0.2, -0.15) is 0 Å². The summed E-state index contributed by atoms with van der Waals surface area (Å²) in [5, 5.41) is 10.5. The van der Waals surface area contributed by atoms with Crippen molar-refractivity contribution >= 4 is 11.5 Å². The maximum Gasteiger partial charge on any atom is 0.287 e. The predicted molar refractivity (Wildman–Crippen MR) is 70.1 cm³/mol. The van der Waals surface area contributed by atoms with E-state index in [2.05, 4.69) is 4.98 Å². The number of rotatable bonds is 3. The monoisotopic (exact) mass is 270 g/mol. The molecule has 3 rings (SSSR count). The van der Waals surface area contributed by atoms with Gasteiger partial charge in [0.2, 0.25) is 5.88 Å². The van der Waals surface area contributed by atoms with E-state index in [0.717, 1.165) is 18.2 Å². The highest BCUT2D eigenvalue weighted by Crippen LogP contribution is 2.28. The summed E-state index contributed by atoms with van der Waals surface area (Å²) in [5.41, 5.74) is 1.62. The molecule has 0 N–H and O–H groups in total. The Morgan fingerprint density at radius 3 is 2.75 bits per heavy atom. The van der Waals surface area contributed by atoms with Crippen LogP contribution in [0.1, 0.15) is 22.3 Å². The summed E-state index contributed by atoms with van der Waals surface area (Å²) in [4.78, 5) is 25.5. The van der Waals surface area contributed by atoms with E-state index < -0.39 is 4.92 Å². The van der Waals surface area contributed by atoms with Crippen LogP contribution in [0.25, 0.3) is 0 Å². The van der Waals surface area contributed by atoms with Crippen LogP contribution >= 0.6 is 0 Å². The third kappa shape index (κ3) is 2.23. The molecule has 0 fully saturated rings. The van der Waals surface area contributed by atoms with Gasteiger partial charge in [-0.1, -0.05) is 6.07 Å². The van der Waals surface area contributed by atoms with Gasteiger partial charge in [0, 0.05) is 24.1 Å². The van der Waals surface area contributed by atoms with Crippen molar-refractivity contribution in [2.24, 2.45) is 0 Å². The van der Waals surface area contributed by atoms with Crippen LogP contribution in [0, 0.1) is 10.1 Å². The second-order valence-electron chi connectivity index (χ2n) is 4.46. The largest absolute Gasteiger partial charge is 0.439 e. The number of nitrogens with zero attached hydrogens (tertiary/aromatic N) is 2. The number of hydrogen-bond donors (Lipinski definition) is 0. The Balaban J connectivity index is 1.83. The Labute approximate surface area is 114 Å². The van der Waals surface area contributed by atoms with E-state index in [1.54, 1.807) is 12.1 Å². The number of pyridine rings is 1. The molecule has 0 amide bonds. The van der Waals surface area contributed by atoms with E-state index in [0.29, 0.717) is 17.7 Å². The van der Waals surface area contributed by atoms with Crippen molar-refractivity contribution in [1.82, 2.24) is 4.98 Å². The van der Waals surface area contributed by atoms with Gasteiger partial charge in [-0.15, -0.1) is 0 Å². The molecule has 6 nitrogen and oxygen atoms in total. The van der Waals surface area contributed by atoms with Gasteiger partial charge < -0.3 is 4.74 Å². The van der Waals surface area contributed by atoms with Gasteiger partial charge in [-0.05, 0) is 24.1 Å². The van der Waals surface area contributed by atoms with Gasteiger partial charge in [-0.25, -0.2) is 4.98 Å². The third-order valence-electron chi connectivity index (χ3n) is 3.16. The van der Waals surface area contributed by atoms with Gasteiger partial charge >= 0.3 is 0 Å². The summed E-state index contributed by atoms with van der Waals surface area (Å²) in [5.74, 6) is 0.864. The molecule has 0 radical (unpaired) electrons. The smallest absolute Gasteiger partial charge is 0.287 e. The van der Waals surface area contributed by atoms with E-state index in [1.807, 2.05) is 6.07 Å². The maximum atomic E-state index is 11.6. The number of carbonyl (C=O) groups is 1. The number of aryl methyl sites for hydroxylation is 1. The topological polar surface area (TPSA) is 82.3 Å². The number of carbonyl (C=O) groups excluding carboxylic acids is 1. The molecule has 100 valence electrons. The summed E-state index contributed by atoms with van der Waals surface area (Å²) in [6.45, 7) is 0. The molecule has 20 heavy (non-hydrogen) atoms. The first-order valence-electron chi connectivity index (χ1n) is 6.08. The molecule has 6 heteroatoms. The first kappa shape index (κ1) is 12.3. The van der Waals surface area contributed by atoms with Gasteiger partial charge in [0.15, 0.2) is 5.78 Å². The van der Waals surface area contributed by atoms with Crippen LogP contribution in [-0.4, -0.2) is 15.7 Å². The quantitative estimate of drug-likeness (QED) is 0.632. The lowest BCUT2D eigenvalue weighted by Crippen LogP contribution is -1.94. The molecule has 0 bridgehead atoms. The third-order valence-corrected chi connectivity index (χ3v) is 3.16. The van der Waals surface area contributed by atoms with Gasteiger partial charge in [-0.3, -0.25) is 14.9 Å². The number of benzene rings is 1. The number of nitro groups is 1. The molecule has 2 aromatic rings. The molecule has 0 unspecified atom stereocenters. The number of ketones is 1. The second kappa shape index (κ2) is 4.73. The van der Waals surface area contributed by atoms with Crippen LogP contribution in [0.3, 0.4) is 0 Å². The van der Waals surface area contributed by atoms with Crippen molar-refractivity contribution in [2.45, 2.75) is 12.8 Å². The predicted octanol–water partition coefficient (Wildman–Crippen LogP) is 2.91. The van der Waals surface area contributed by atoms with Crippen LogP contribution in [0.2, 0.25) is 0 Å². The minimum absolute atomic E-state index is 0.0959. The van der Waals surface area contributed by atoms with Crippen molar-refractivity contribution < 1.29 is 14.5 Å². The molecular formula is C14H10N2O4. The standard InChI is InChI=1S/C14H10N2O4/c17-13-5-2-9-1-4-11(7-12(9)13)20-14-6-3-10(8-15-14)16(18)19/h1,3-4,6-8H,2,5H2. The van der Waals surface area contributed by atoms with Crippen LogP contribution in [0.5, 0.6) is 11.6 Å². The van der Waals surface area contributed by atoms with Crippen LogP contribution in [-0.2, 0) is 6.42 Å². The summed E-state index contributed by atoms with van der Waals surface area (Å²) >= 11 is 0. The Hall–Kier alpha value is -2.76. The van der Waals surface area contributed by atoms with Crippen molar-refractivity contribution in [3.05, 3.63) is 57.8 Å². The van der Waals surface area contributed by atoms with Crippen molar-refractivity contribution in [3.8, 4) is 11.6 Å². The zero-order chi connectivity index (χ0) is 14.1. The fourth-order valence-electron chi connectivity index (χ4n) is 2.14. The van der Waals surface area contributed by atoms with Crippen LogP contribution in [0.15, 0.2) is 36.5 Å². The Bertz CT molecular complexity index is 695. The minimum Gasteiger partial charge on any atom is -0.439 e. The normalized spacial score (nSPS) is 13.1. The van der Waals surface area contributed by atoms with Gasteiger partial charge in [0.25, 0.3) is 5.69 Å². The summed E-state index contributed by atoms with van der Waals surface area (Å²) in [7, 11) is 0. The number of aromatic nitrogens is 1. The van der Waals surface area contributed by atoms with Gasteiger partial charge in [0.05, 0.1) is 4.92 Å². The number of fused-ring (bicyclic) bond motifs is 1. The molecule has 1 aliphatic carbocycles. The summed E-state index contributed by atoms with van der Waals surface area (Å²) in [6, 6.07) is 8.06. The minimum atomic E-state index is -0.523. The highest BCUT2D eigenvalue weighted by Gasteiger charge is 2.20. The van der Waals surface area contributed by atoms with E-state index in [-0.39, 0.29) is 17.4 Å². The maximum absolute atomic E-state index is 11.6. The molecular weight excluding hydrogens is 260 g/mol. The van der Waals surface area contributed by atoms with Crippen molar-refractivity contribution in [2.75, 3.05) is 0 Å². The average molecular weight is 270 g/mol. The Morgan fingerprint density at radius 2 is 2.05 bits per heavy atom. The van der Waals surface area contributed by atoms with Gasteiger partial charge in [0.1, 0.15) is 11.9 Å². The molecule has 0 spiro atoms. The molecule has 1 aromatic carbocycles. The van der Waals surface area contributed by atoms with Crippen molar-refractivity contribution in [3.63, 3.8) is 0 Å². The first-order chi connectivity index (χ1) is 9.63. The fraction of sp³-hybridized carbons (Fsp3) is 0.143. The molecule has 0 aliphatic heterocycles. The number of Topliss-reactive ketones (excluding diaryl/α,β-unsaturated/α-hetero) is 1. The SMILES string of the molecule is O=C1CCc2ccc(Oc3ccc([N+](=O)[O-])cn3)cc21. The van der Waals surface area contributed by atoms with E-state index in [4.69, 9.17) is 4.74 Å². The summed E-state index contributed by atoms with van der Waals surface area (Å²) in [6.07, 6.45) is 2.44. The molecule has 0 saturated heterocycles. The van der Waals surface area contributed by atoms with Crippen LogP contribution in [0.4, 0.5) is 5.69 Å². The lowest BCUT2D eigenvalue weighted by atomic mass is 10.1. The second-order valence-corrected chi connectivity index (χ2v) is 4.46. The molecule has 1 aromatic heterocycles. The van der Waals surface area contributed by atoms with E-state index in [9.17, 15) is 14.9 Å². The fourth-order valence-corrected chi connectivity index (χ4v) is 2.14. The first-order valence-corrected chi connectivity index (χ1v) is 6.08. The summed E-state index contributed by atoms with van der Waals surface area (Å²) < 4.78 is 5.50. The van der Waals surface area contributed by atoms with Crippen LogP contribution < -0.4 is 4.74 Å². The number of ether oxygens (including phenoxy) is 1. The van der Waals surface area contributed by atoms with E-state index in [1.165, 1.54) is 12.1 Å². The Kier molecular flexibility index (Phi) is 2.90. The van der Waals surface area contributed by atoms with E-state index >= 15 is 0 Å². The zero-order valence-electron chi connectivity index (χ0n) is 10.4. The lowest BCUT2D eigenvalue weighted by molar-refractivity contribution is -0.385. The van der Waals surface area contributed by atoms with Crippen molar-refractivity contribution in [1.29, 1.82) is 0 Å². The Morgan fingerprint density at radius 1 is 1.20 bits per heavy atom. The highest BCUT2D eigenvalue weighted by molar-refractivity contribution is 6.00. The molecule has 1 aliphatic rings. The number of hydrogen-bond acceptors (Lipinski definition) is 5. The molecule has 0 saturated carbocycles. The molecule has 1 heterocycles. The lowest BCUT2D eigenvalue weighted by Gasteiger charge is -2.06. The molecule has 0 atom stereocenters. The highest BCUT2D eigenvalue weighted by atomic mass is 16.6. The average Bonchev–Trinajstić information content (AvgIpc) is 2.81. The zero-order valence-corrected chi connectivity index (χ0v) is 10.4.